The van der Waals surface area contributed by atoms with Crippen LogP contribution in [0.15, 0.2) is 30.3 Å². The molecule has 1 aliphatic heterocycles. The lowest BCUT2D eigenvalue weighted by molar-refractivity contribution is -0.135. The lowest BCUT2D eigenvalue weighted by atomic mass is 10.0. The summed E-state index contributed by atoms with van der Waals surface area (Å²) in [6.45, 7) is 8.96. The number of unbranched alkanes of at least 4 members (excludes halogenated alkanes) is 4. The number of rotatable bonds is 10. The van der Waals surface area contributed by atoms with Gasteiger partial charge in [-0.3, -0.25) is 9.59 Å². The third-order valence-electron chi connectivity index (χ3n) is 6.48. The van der Waals surface area contributed by atoms with E-state index in [1.165, 1.54) is 12.8 Å². The van der Waals surface area contributed by atoms with Crippen molar-refractivity contribution in [3.05, 3.63) is 47.4 Å². The second-order valence-corrected chi connectivity index (χ2v) is 9.28. The Morgan fingerprint density at radius 3 is 2.39 bits per heavy atom. The van der Waals surface area contributed by atoms with E-state index in [2.05, 4.69) is 16.9 Å². The highest BCUT2D eigenvalue weighted by Gasteiger charge is 2.34. The van der Waals surface area contributed by atoms with Gasteiger partial charge in [0.1, 0.15) is 17.1 Å². The van der Waals surface area contributed by atoms with Gasteiger partial charge in [0.05, 0.1) is 12.3 Å². The van der Waals surface area contributed by atoms with E-state index < -0.39 is 5.97 Å². The van der Waals surface area contributed by atoms with Crippen LogP contribution in [0.3, 0.4) is 0 Å². The minimum atomic E-state index is -0.621. The van der Waals surface area contributed by atoms with Crippen LogP contribution >= 0.6 is 0 Å². The number of ether oxygens (including phenoxy) is 1. The SMILES string of the molecule is CCCCCCCC(=O)N1CCN(C(=O)c2nc(C)nc(-c3ccccc3)c2C(=O)OCC)CC1C. The molecule has 8 heteroatoms. The average Bonchev–Trinajstić information content (AvgIpc) is 2.88. The molecule has 1 fully saturated rings. The maximum Gasteiger partial charge on any atom is 0.342 e. The Morgan fingerprint density at radius 1 is 1.00 bits per heavy atom. The highest BCUT2D eigenvalue weighted by atomic mass is 16.5. The molecule has 1 saturated heterocycles. The maximum absolute atomic E-state index is 13.7. The van der Waals surface area contributed by atoms with E-state index in [0.717, 1.165) is 19.3 Å². The molecule has 8 nitrogen and oxygen atoms in total. The van der Waals surface area contributed by atoms with E-state index in [4.69, 9.17) is 4.74 Å². The van der Waals surface area contributed by atoms with Crippen LogP contribution in [0.2, 0.25) is 0 Å². The van der Waals surface area contributed by atoms with Gasteiger partial charge in [0.15, 0.2) is 0 Å². The Labute approximate surface area is 214 Å². The highest BCUT2D eigenvalue weighted by molar-refractivity contribution is 6.07. The summed E-state index contributed by atoms with van der Waals surface area (Å²) in [5.41, 5.74) is 1.22. The van der Waals surface area contributed by atoms with Gasteiger partial charge in [0, 0.05) is 37.7 Å². The Hall–Kier alpha value is -3.29. The van der Waals surface area contributed by atoms with Crippen molar-refractivity contribution in [2.75, 3.05) is 26.2 Å². The summed E-state index contributed by atoms with van der Waals surface area (Å²) >= 11 is 0. The summed E-state index contributed by atoms with van der Waals surface area (Å²) < 4.78 is 5.30. The van der Waals surface area contributed by atoms with Crippen molar-refractivity contribution < 1.29 is 19.1 Å². The number of amides is 2. The number of benzene rings is 1. The van der Waals surface area contributed by atoms with Crippen LogP contribution < -0.4 is 0 Å². The third-order valence-corrected chi connectivity index (χ3v) is 6.48. The van der Waals surface area contributed by atoms with E-state index in [1.54, 1.807) is 18.7 Å². The van der Waals surface area contributed by atoms with Crippen LogP contribution in [0.4, 0.5) is 0 Å². The van der Waals surface area contributed by atoms with Crippen molar-refractivity contribution in [1.82, 2.24) is 19.8 Å². The summed E-state index contributed by atoms with van der Waals surface area (Å²) in [6, 6.07) is 9.14. The first-order valence-corrected chi connectivity index (χ1v) is 13.1. The van der Waals surface area contributed by atoms with Gasteiger partial charge in [0.2, 0.25) is 5.91 Å². The second kappa shape index (κ2) is 13.1. The number of aryl methyl sites for hydroxylation is 1. The molecule has 2 aromatic rings. The Morgan fingerprint density at radius 2 is 1.72 bits per heavy atom. The number of hydrogen-bond acceptors (Lipinski definition) is 6. The van der Waals surface area contributed by atoms with Gasteiger partial charge in [0.25, 0.3) is 5.91 Å². The van der Waals surface area contributed by atoms with E-state index in [0.29, 0.717) is 43.1 Å². The van der Waals surface area contributed by atoms with Gasteiger partial charge in [-0.25, -0.2) is 14.8 Å². The zero-order valence-electron chi connectivity index (χ0n) is 22.0. The molecule has 1 unspecified atom stereocenters. The zero-order chi connectivity index (χ0) is 26.1. The number of nitrogens with zero attached hydrogens (tertiary/aromatic N) is 4. The van der Waals surface area contributed by atoms with Crippen LogP contribution in [0.1, 0.15) is 86.0 Å². The van der Waals surface area contributed by atoms with Crippen molar-refractivity contribution in [3.8, 4) is 11.3 Å². The number of hydrogen-bond donors (Lipinski definition) is 0. The third kappa shape index (κ3) is 6.68. The summed E-state index contributed by atoms with van der Waals surface area (Å²) in [5.74, 6) is -0.429. The normalized spacial score (nSPS) is 15.6. The standard InChI is InChI=1S/C28H38N4O4/c1-5-7-8-9-13-16-23(33)32-18-17-31(19-20(32)3)27(34)26-24(28(35)36-6-2)25(29-21(4)30-26)22-14-11-10-12-15-22/h10-12,14-15,20H,5-9,13,16-19H2,1-4H3. The van der Waals surface area contributed by atoms with Crippen molar-refractivity contribution in [2.24, 2.45) is 0 Å². The minimum absolute atomic E-state index is 0.0442. The Balaban J connectivity index is 1.80. The molecule has 3 rings (SSSR count). The fourth-order valence-electron chi connectivity index (χ4n) is 4.61. The predicted octanol–water partition coefficient (Wildman–Crippen LogP) is 4.66. The minimum Gasteiger partial charge on any atom is -0.462 e. The summed E-state index contributed by atoms with van der Waals surface area (Å²) in [6.07, 6.45) is 6.05. The topological polar surface area (TPSA) is 92.7 Å². The molecule has 1 aromatic carbocycles. The fraction of sp³-hybridized carbons (Fsp3) is 0.536. The van der Waals surface area contributed by atoms with Crippen LogP contribution in [0.5, 0.6) is 0 Å². The number of carbonyl (C=O) groups is 3. The quantitative estimate of drug-likeness (QED) is 0.352. The first-order chi connectivity index (χ1) is 17.4. The van der Waals surface area contributed by atoms with Crippen molar-refractivity contribution in [1.29, 1.82) is 0 Å². The van der Waals surface area contributed by atoms with Crippen molar-refractivity contribution in [2.45, 2.75) is 72.3 Å². The van der Waals surface area contributed by atoms with E-state index >= 15 is 0 Å². The molecule has 0 spiro atoms. The van der Waals surface area contributed by atoms with Gasteiger partial charge in [-0.1, -0.05) is 62.9 Å². The molecule has 0 radical (unpaired) electrons. The maximum atomic E-state index is 13.7. The molecule has 2 heterocycles. The molecule has 2 amide bonds. The molecule has 194 valence electrons. The number of aromatic nitrogens is 2. The molecule has 0 aliphatic carbocycles. The van der Waals surface area contributed by atoms with Gasteiger partial charge in [-0.15, -0.1) is 0 Å². The molecule has 0 N–H and O–H groups in total. The van der Waals surface area contributed by atoms with E-state index in [-0.39, 0.29) is 35.7 Å². The number of esters is 1. The number of carbonyl (C=O) groups excluding carboxylic acids is 3. The largest absolute Gasteiger partial charge is 0.462 e. The first-order valence-electron chi connectivity index (χ1n) is 13.1. The van der Waals surface area contributed by atoms with Gasteiger partial charge < -0.3 is 14.5 Å². The Bertz CT molecular complexity index is 1060. The summed E-state index contributed by atoms with van der Waals surface area (Å²) in [7, 11) is 0. The van der Waals surface area contributed by atoms with Crippen LogP contribution in [0.25, 0.3) is 11.3 Å². The first kappa shape index (κ1) is 27.3. The molecular formula is C28H38N4O4. The number of piperazine rings is 1. The van der Waals surface area contributed by atoms with Crippen LogP contribution in [0, 0.1) is 6.92 Å². The smallest absolute Gasteiger partial charge is 0.342 e. The van der Waals surface area contributed by atoms with Gasteiger partial charge >= 0.3 is 5.97 Å². The van der Waals surface area contributed by atoms with Gasteiger partial charge in [-0.05, 0) is 27.2 Å². The monoisotopic (exact) mass is 494 g/mol. The lowest BCUT2D eigenvalue weighted by Gasteiger charge is -2.40. The van der Waals surface area contributed by atoms with Crippen LogP contribution in [-0.2, 0) is 9.53 Å². The lowest BCUT2D eigenvalue weighted by Crippen LogP contribution is -2.55. The molecule has 0 saturated carbocycles. The molecule has 36 heavy (non-hydrogen) atoms. The predicted molar refractivity (Wildman–Crippen MR) is 139 cm³/mol. The average molecular weight is 495 g/mol. The molecule has 1 atom stereocenters. The van der Waals surface area contributed by atoms with Crippen molar-refractivity contribution in [3.63, 3.8) is 0 Å². The van der Waals surface area contributed by atoms with E-state index in [1.807, 2.05) is 42.2 Å². The molecule has 1 aliphatic rings. The highest BCUT2D eigenvalue weighted by Crippen LogP contribution is 2.26. The fourth-order valence-corrected chi connectivity index (χ4v) is 4.61. The van der Waals surface area contributed by atoms with Crippen molar-refractivity contribution >= 4 is 17.8 Å². The summed E-state index contributed by atoms with van der Waals surface area (Å²) in [5, 5.41) is 0. The molecular weight excluding hydrogens is 456 g/mol. The van der Waals surface area contributed by atoms with Gasteiger partial charge in [-0.2, -0.15) is 0 Å². The molecule has 0 bridgehead atoms. The van der Waals surface area contributed by atoms with E-state index in [9.17, 15) is 14.4 Å². The molecule has 1 aromatic heterocycles. The summed E-state index contributed by atoms with van der Waals surface area (Å²) in [4.78, 5) is 51.9. The van der Waals surface area contributed by atoms with Crippen LogP contribution in [-0.4, -0.2) is 69.8 Å². The Kier molecular flexibility index (Phi) is 9.96. The second-order valence-electron chi connectivity index (χ2n) is 9.28. The zero-order valence-corrected chi connectivity index (χ0v) is 22.0.